The minimum Gasteiger partial charge on any atom is -0.271 e. The zero-order chi connectivity index (χ0) is 15.1. The molecule has 0 atom stereocenters. The van der Waals surface area contributed by atoms with Gasteiger partial charge in [-0.3, -0.25) is 5.32 Å². The number of rotatable bonds is 3. The van der Waals surface area contributed by atoms with Gasteiger partial charge in [0.2, 0.25) is 0 Å². The van der Waals surface area contributed by atoms with E-state index in [4.69, 9.17) is 5.26 Å². The number of hydrogen-bond donors (Lipinski definition) is 1. The van der Waals surface area contributed by atoms with E-state index in [0.29, 0.717) is 5.17 Å². The summed E-state index contributed by atoms with van der Waals surface area (Å²) in [5.74, 6) is 0. The lowest BCUT2D eigenvalue weighted by atomic mass is 10.2. The summed E-state index contributed by atoms with van der Waals surface area (Å²) in [5, 5.41) is 11.8. The van der Waals surface area contributed by atoms with E-state index in [1.54, 1.807) is 11.8 Å². The molecule has 2 aromatic rings. The van der Waals surface area contributed by atoms with Crippen LogP contribution in [-0.2, 0) is 0 Å². The van der Waals surface area contributed by atoms with Crippen LogP contribution in [0.1, 0.15) is 5.56 Å². The van der Waals surface area contributed by atoms with Gasteiger partial charge in [-0.1, -0.05) is 41.7 Å². The highest BCUT2D eigenvalue weighted by atomic mass is 32.2. The van der Waals surface area contributed by atoms with E-state index < -0.39 is 0 Å². The fourth-order valence-electron chi connectivity index (χ4n) is 1.72. The fraction of sp³-hybridized carbons (Fsp3) is 0.125. The molecule has 1 N–H and O–H groups in total. The molecule has 0 aliphatic heterocycles. The van der Waals surface area contributed by atoms with Gasteiger partial charge >= 0.3 is 0 Å². The number of aliphatic imine (C=N–C) groups is 1. The Hall–Kier alpha value is -1.90. The van der Waals surface area contributed by atoms with Crippen LogP contribution in [0.25, 0.3) is 0 Å². The van der Waals surface area contributed by atoms with Crippen molar-refractivity contribution < 1.29 is 0 Å². The summed E-state index contributed by atoms with van der Waals surface area (Å²) in [7, 11) is 0. The predicted octanol–water partition coefficient (Wildman–Crippen LogP) is 4.57. The number of hydrogen-bond acceptors (Lipinski definition) is 4. The Bertz CT molecular complexity index is 676. The van der Waals surface area contributed by atoms with Gasteiger partial charge in [-0.2, -0.15) is 5.26 Å². The average molecular weight is 313 g/mol. The van der Waals surface area contributed by atoms with Crippen LogP contribution in [0.3, 0.4) is 0 Å². The van der Waals surface area contributed by atoms with Crippen LogP contribution in [-0.4, -0.2) is 11.4 Å². The second-order valence-electron chi connectivity index (χ2n) is 4.22. The fourth-order valence-corrected chi connectivity index (χ4v) is 2.97. The highest BCUT2D eigenvalue weighted by Crippen LogP contribution is 2.32. The average Bonchev–Trinajstić information content (AvgIpc) is 2.50. The van der Waals surface area contributed by atoms with Crippen LogP contribution in [0.5, 0.6) is 0 Å². The van der Waals surface area contributed by atoms with Gasteiger partial charge in [0.25, 0.3) is 0 Å². The Morgan fingerprint density at radius 1 is 1.19 bits per heavy atom. The number of nitriles is 1. The molecule has 5 heteroatoms. The number of benzene rings is 2. The molecule has 3 nitrogen and oxygen atoms in total. The molecule has 0 aliphatic carbocycles. The molecule has 2 aromatic carbocycles. The smallest absolute Gasteiger partial charge is 0.183 e. The second kappa shape index (κ2) is 7.77. The molecule has 106 valence electrons. The van der Waals surface area contributed by atoms with Crippen molar-refractivity contribution in [3.63, 3.8) is 0 Å². The highest BCUT2D eigenvalue weighted by molar-refractivity contribution is 8.13. The summed E-state index contributed by atoms with van der Waals surface area (Å²) in [6.45, 7) is 2.07. The number of thioether (sulfide) groups is 1. The molecule has 0 heterocycles. The molecule has 0 fully saturated rings. The third-order valence-corrected chi connectivity index (χ3v) is 4.48. The number of nitrogens with one attached hydrogen (secondary N) is 1. The summed E-state index contributed by atoms with van der Waals surface area (Å²) < 4.78 is 0. The monoisotopic (exact) mass is 313 g/mol. The van der Waals surface area contributed by atoms with Gasteiger partial charge in [0.05, 0.1) is 5.69 Å². The van der Waals surface area contributed by atoms with E-state index in [2.05, 4.69) is 35.4 Å². The molecule has 0 aliphatic rings. The topological polar surface area (TPSA) is 48.2 Å². The maximum Gasteiger partial charge on any atom is 0.183 e. The summed E-state index contributed by atoms with van der Waals surface area (Å²) in [4.78, 5) is 6.84. The van der Waals surface area contributed by atoms with E-state index in [0.717, 1.165) is 5.69 Å². The molecule has 0 bridgehead atoms. The maximum absolute atomic E-state index is 8.65. The van der Waals surface area contributed by atoms with Crippen LogP contribution in [0.2, 0.25) is 0 Å². The van der Waals surface area contributed by atoms with Crippen LogP contribution < -0.4 is 5.32 Å². The van der Waals surface area contributed by atoms with Crippen molar-refractivity contribution in [3.05, 3.63) is 54.1 Å². The van der Waals surface area contributed by atoms with E-state index >= 15 is 0 Å². The summed E-state index contributed by atoms with van der Waals surface area (Å²) in [6.07, 6.45) is 3.78. The van der Waals surface area contributed by atoms with Gasteiger partial charge in [0.15, 0.2) is 11.4 Å². The number of aryl methyl sites for hydroxylation is 1. The quantitative estimate of drug-likeness (QED) is 0.390. The summed E-state index contributed by atoms with van der Waals surface area (Å²) >= 11 is 3.15. The maximum atomic E-state index is 8.65. The SMILES string of the molecule is CSC(=Nc1ccc(Sc2ccccc2)c(C)c1)NC#N. The molecular formula is C16H15N3S2. The summed E-state index contributed by atoms with van der Waals surface area (Å²) in [5.41, 5.74) is 2.01. The molecule has 2 rings (SSSR count). The van der Waals surface area contributed by atoms with Crippen LogP contribution in [0, 0.1) is 18.4 Å². The minimum absolute atomic E-state index is 0.598. The molecule has 0 unspecified atom stereocenters. The van der Waals surface area contributed by atoms with Crippen molar-refractivity contribution >= 4 is 34.4 Å². The molecule has 0 aromatic heterocycles. The zero-order valence-electron chi connectivity index (χ0n) is 11.8. The zero-order valence-corrected chi connectivity index (χ0v) is 13.5. The lowest BCUT2D eigenvalue weighted by Gasteiger charge is -2.07. The van der Waals surface area contributed by atoms with Gasteiger partial charge < -0.3 is 0 Å². The van der Waals surface area contributed by atoms with E-state index in [9.17, 15) is 0 Å². The first-order valence-electron chi connectivity index (χ1n) is 6.34. The van der Waals surface area contributed by atoms with Crippen molar-refractivity contribution in [1.29, 1.82) is 5.26 Å². The first kappa shape index (κ1) is 15.5. The number of amidine groups is 1. The van der Waals surface area contributed by atoms with E-state index in [-0.39, 0.29) is 0 Å². The van der Waals surface area contributed by atoms with Gasteiger partial charge in [0, 0.05) is 9.79 Å². The Labute approximate surface area is 133 Å². The third kappa shape index (κ3) is 4.55. The van der Waals surface area contributed by atoms with Crippen LogP contribution >= 0.6 is 23.5 Å². The van der Waals surface area contributed by atoms with Crippen molar-refractivity contribution in [2.24, 2.45) is 4.99 Å². The first-order valence-corrected chi connectivity index (χ1v) is 8.38. The van der Waals surface area contributed by atoms with Crippen LogP contribution in [0.4, 0.5) is 5.69 Å². The molecule has 0 spiro atoms. The molecule has 0 saturated carbocycles. The second-order valence-corrected chi connectivity index (χ2v) is 6.13. The summed E-state index contributed by atoms with van der Waals surface area (Å²) in [6, 6.07) is 16.3. The predicted molar refractivity (Wildman–Crippen MR) is 91.1 cm³/mol. The van der Waals surface area contributed by atoms with Gasteiger partial charge in [-0.25, -0.2) is 4.99 Å². The Morgan fingerprint density at radius 3 is 2.57 bits per heavy atom. The molecule has 21 heavy (non-hydrogen) atoms. The minimum atomic E-state index is 0.598. The highest BCUT2D eigenvalue weighted by Gasteiger charge is 2.03. The van der Waals surface area contributed by atoms with Gasteiger partial charge in [-0.15, -0.1) is 0 Å². The van der Waals surface area contributed by atoms with Crippen molar-refractivity contribution in [2.75, 3.05) is 6.26 Å². The van der Waals surface area contributed by atoms with Crippen LogP contribution in [0.15, 0.2) is 63.3 Å². The molecule has 0 radical (unpaired) electrons. The molecule has 0 saturated heterocycles. The normalized spacial score (nSPS) is 11.0. The Morgan fingerprint density at radius 2 is 1.95 bits per heavy atom. The largest absolute Gasteiger partial charge is 0.271 e. The lowest BCUT2D eigenvalue weighted by molar-refractivity contribution is 1.26. The lowest BCUT2D eigenvalue weighted by Crippen LogP contribution is -2.12. The third-order valence-electron chi connectivity index (χ3n) is 2.72. The van der Waals surface area contributed by atoms with Gasteiger partial charge in [-0.05, 0) is 49.1 Å². The molecule has 0 amide bonds. The van der Waals surface area contributed by atoms with E-state index in [1.165, 1.54) is 27.1 Å². The van der Waals surface area contributed by atoms with Crippen molar-refractivity contribution in [3.8, 4) is 6.19 Å². The standard InChI is InChI=1S/C16H15N3S2/c1-12-10-13(19-16(20-2)18-11-17)8-9-15(12)21-14-6-4-3-5-7-14/h3-10H,1-2H3,(H,18,19). The van der Waals surface area contributed by atoms with Gasteiger partial charge in [0.1, 0.15) is 0 Å². The first-order chi connectivity index (χ1) is 10.2. The Kier molecular flexibility index (Phi) is 5.73. The Balaban J connectivity index is 2.20. The van der Waals surface area contributed by atoms with Crippen molar-refractivity contribution in [2.45, 2.75) is 16.7 Å². The number of nitrogens with zero attached hydrogens (tertiary/aromatic N) is 2. The van der Waals surface area contributed by atoms with Crippen molar-refractivity contribution in [1.82, 2.24) is 5.32 Å². The van der Waals surface area contributed by atoms with E-state index in [1.807, 2.05) is 42.8 Å². The molecular weight excluding hydrogens is 298 g/mol.